The Kier molecular flexibility index (Phi) is 5.52. The first kappa shape index (κ1) is 19.5. The average Bonchev–Trinajstić information content (AvgIpc) is 3.27. The topological polar surface area (TPSA) is 24.9 Å². The lowest BCUT2D eigenvalue weighted by Gasteiger charge is -2.27. The Labute approximate surface area is 169 Å². The minimum absolute atomic E-state index is 0.685. The highest BCUT2D eigenvalue weighted by Gasteiger charge is 2.43. The van der Waals surface area contributed by atoms with Crippen LogP contribution in [-0.4, -0.2) is 57.2 Å². The second-order valence-electron chi connectivity index (χ2n) is 8.96. The number of hydrogen-bond acceptors (Lipinski definition) is 4. The van der Waals surface area contributed by atoms with E-state index in [2.05, 4.69) is 49.1 Å². The van der Waals surface area contributed by atoms with Crippen molar-refractivity contribution >= 4 is 10.8 Å². The van der Waals surface area contributed by atoms with Gasteiger partial charge in [0, 0.05) is 29.4 Å². The third kappa shape index (κ3) is 3.48. The predicted molar refractivity (Wildman–Crippen MR) is 115 cm³/mol. The molecule has 2 fully saturated rings. The van der Waals surface area contributed by atoms with Crippen molar-refractivity contribution in [2.24, 2.45) is 11.8 Å². The lowest BCUT2D eigenvalue weighted by molar-refractivity contribution is 0.212. The highest BCUT2D eigenvalue weighted by atomic mass is 16.5. The van der Waals surface area contributed by atoms with Crippen LogP contribution in [0, 0.1) is 11.8 Å². The molecule has 4 nitrogen and oxygen atoms in total. The first-order chi connectivity index (χ1) is 13.5. The Hall–Kier alpha value is -1.78. The van der Waals surface area contributed by atoms with E-state index < -0.39 is 0 Å². The Morgan fingerprint density at radius 1 is 0.821 bits per heavy atom. The molecule has 0 radical (unpaired) electrons. The summed E-state index contributed by atoms with van der Waals surface area (Å²) in [5, 5.41) is 2.31. The largest absolute Gasteiger partial charge is 0.496 e. The van der Waals surface area contributed by atoms with E-state index in [-0.39, 0.29) is 0 Å². The van der Waals surface area contributed by atoms with Gasteiger partial charge in [-0.1, -0.05) is 18.2 Å². The minimum atomic E-state index is 0.685. The average molecular weight is 383 g/mol. The van der Waals surface area contributed by atoms with Gasteiger partial charge in [0.05, 0.1) is 14.2 Å². The van der Waals surface area contributed by atoms with E-state index in [4.69, 9.17) is 9.47 Å². The van der Waals surface area contributed by atoms with Crippen molar-refractivity contribution in [1.82, 2.24) is 9.80 Å². The van der Waals surface area contributed by atoms with Gasteiger partial charge in [0.15, 0.2) is 0 Å². The molecule has 4 atom stereocenters. The minimum Gasteiger partial charge on any atom is -0.496 e. The molecular weight excluding hydrogens is 348 g/mol. The molecule has 4 heteroatoms. The van der Waals surface area contributed by atoms with E-state index in [0.29, 0.717) is 6.04 Å². The smallest absolute Gasteiger partial charge is 0.127 e. The van der Waals surface area contributed by atoms with E-state index in [1.54, 1.807) is 14.2 Å². The third-order valence-electron chi connectivity index (χ3n) is 7.23. The second-order valence-corrected chi connectivity index (χ2v) is 8.96. The van der Waals surface area contributed by atoms with Crippen molar-refractivity contribution in [2.75, 3.05) is 35.4 Å². The van der Waals surface area contributed by atoms with Crippen molar-refractivity contribution in [3.05, 3.63) is 35.9 Å². The zero-order valence-electron chi connectivity index (χ0n) is 17.9. The fourth-order valence-corrected chi connectivity index (χ4v) is 5.63. The van der Waals surface area contributed by atoms with Crippen molar-refractivity contribution in [2.45, 2.75) is 44.3 Å². The van der Waals surface area contributed by atoms with Crippen molar-refractivity contribution in [3.8, 4) is 11.5 Å². The van der Waals surface area contributed by atoms with E-state index in [9.17, 15) is 0 Å². The molecule has 2 aromatic carbocycles. The summed E-state index contributed by atoms with van der Waals surface area (Å²) < 4.78 is 11.3. The van der Waals surface area contributed by atoms with Crippen LogP contribution < -0.4 is 9.47 Å². The number of rotatable bonds is 6. The molecule has 0 heterocycles. The summed E-state index contributed by atoms with van der Waals surface area (Å²) >= 11 is 0. The van der Waals surface area contributed by atoms with Gasteiger partial charge in [0.2, 0.25) is 0 Å². The lowest BCUT2D eigenvalue weighted by Crippen LogP contribution is -2.31. The van der Waals surface area contributed by atoms with E-state index >= 15 is 0 Å². The van der Waals surface area contributed by atoms with Gasteiger partial charge in [-0.05, 0) is 76.4 Å². The van der Waals surface area contributed by atoms with Gasteiger partial charge in [-0.25, -0.2) is 0 Å². The summed E-state index contributed by atoms with van der Waals surface area (Å²) in [5.74, 6) is 3.64. The molecule has 0 spiro atoms. The molecule has 28 heavy (non-hydrogen) atoms. The Morgan fingerprint density at radius 3 is 2.07 bits per heavy atom. The molecule has 152 valence electrons. The van der Waals surface area contributed by atoms with Crippen LogP contribution in [-0.2, 0) is 6.54 Å². The van der Waals surface area contributed by atoms with Crippen LogP contribution >= 0.6 is 0 Å². The Balaban J connectivity index is 1.53. The van der Waals surface area contributed by atoms with Gasteiger partial charge in [-0.2, -0.15) is 0 Å². The summed E-state index contributed by atoms with van der Waals surface area (Å²) in [7, 11) is 10.2. The molecule has 0 bridgehead atoms. The fourth-order valence-electron chi connectivity index (χ4n) is 5.63. The fraction of sp³-hybridized carbons (Fsp3) is 0.583. The van der Waals surface area contributed by atoms with Crippen LogP contribution in [0.25, 0.3) is 10.8 Å². The van der Waals surface area contributed by atoms with E-state index in [1.165, 1.54) is 36.6 Å². The molecule has 0 saturated heterocycles. The summed E-state index contributed by atoms with van der Waals surface area (Å²) in [6.07, 6.45) is 5.44. The summed E-state index contributed by atoms with van der Waals surface area (Å²) in [5.41, 5.74) is 1.32. The molecule has 0 aliphatic heterocycles. The van der Waals surface area contributed by atoms with Crippen LogP contribution in [0.2, 0.25) is 0 Å². The highest BCUT2D eigenvalue weighted by Crippen LogP contribution is 2.47. The molecule has 2 aliphatic carbocycles. The number of fused-ring (bicyclic) bond motifs is 2. The van der Waals surface area contributed by atoms with Crippen LogP contribution in [0.15, 0.2) is 30.3 Å². The van der Waals surface area contributed by atoms with Crippen LogP contribution in [0.1, 0.15) is 31.2 Å². The number of methoxy groups -OCH3 is 2. The standard InChI is InChI=1S/C24H34N2O2/c1-25(2)19-11-17-13-20(14-18(17)12-19)26(3)15-16-9-10-22(27-4)21-7-6-8-23(28-5)24(16)21/h6-10,17-20H,11-15H2,1-5H3/t17-,18+,19?,20?. The monoisotopic (exact) mass is 382 g/mol. The second kappa shape index (κ2) is 7.92. The molecule has 2 unspecified atom stereocenters. The van der Waals surface area contributed by atoms with Gasteiger partial charge in [0.25, 0.3) is 0 Å². The van der Waals surface area contributed by atoms with Crippen molar-refractivity contribution < 1.29 is 9.47 Å². The number of benzene rings is 2. The Bertz CT molecular complexity index is 821. The molecule has 2 saturated carbocycles. The summed E-state index contributed by atoms with van der Waals surface area (Å²) in [6, 6.07) is 12.0. The molecule has 4 rings (SSSR count). The summed E-state index contributed by atoms with van der Waals surface area (Å²) in [6.45, 7) is 0.947. The quantitative estimate of drug-likeness (QED) is 0.739. The van der Waals surface area contributed by atoms with E-state index in [0.717, 1.165) is 41.3 Å². The zero-order valence-corrected chi connectivity index (χ0v) is 17.9. The first-order valence-corrected chi connectivity index (χ1v) is 10.5. The van der Waals surface area contributed by atoms with Crippen LogP contribution in [0.4, 0.5) is 0 Å². The molecule has 0 amide bonds. The maximum absolute atomic E-state index is 5.69. The van der Waals surface area contributed by atoms with Crippen LogP contribution in [0.5, 0.6) is 11.5 Å². The Morgan fingerprint density at radius 2 is 1.46 bits per heavy atom. The molecule has 0 aromatic heterocycles. The molecular formula is C24H34N2O2. The summed E-state index contributed by atoms with van der Waals surface area (Å²) in [4.78, 5) is 4.99. The van der Waals surface area contributed by atoms with Crippen LogP contribution in [0.3, 0.4) is 0 Å². The number of ether oxygens (including phenoxy) is 2. The van der Waals surface area contributed by atoms with E-state index in [1.807, 2.05) is 12.1 Å². The normalized spacial score (nSPS) is 27.0. The maximum atomic E-state index is 5.69. The highest BCUT2D eigenvalue weighted by molar-refractivity contribution is 5.95. The maximum Gasteiger partial charge on any atom is 0.127 e. The number of nitrogens with zero attached hydrogens (tertiary/aromatic N) is 2. The predicted octanol–water partition coefficient (Wildman–Crippen LogP) is 4.41. The van der Waals surface area contributed by atoms with Gasteiger partial charge in [0.1, 0.15) is 11.5 Å². The van der Waals surface area contributed by atoms with Gasteiger partial charge >= 0.3 is 0 Å². The van der Waals surface area contributed by atoms with Gasteiger partial charge < -0.3 is 14.4 Å². The molecule has 0 N–H and O–H groups in total. The third-order valence-corrected chi connectivity index (χ3v) is 7.23. The molecule has 2 aliphatic rings. The first-order valence-electron chi connectivity index (χ1n) is 10.5. The van der Waals surface area contributed by atoms with Gasteiger partial charge in [-0.15, -0.1) is 0 Å². The SMILES string of the molecule is COc1ccc(CN(C)C2C[C@H]3CC(N(C)C)C[C@H]3C2)c2c(OC)cccc12. The van der Waals surface area contributed by atoms with Crippen molar-refractivity contribution in [3.63, 3.8) is 0 Å². The van der Waals surface area contributed by atoms with Crippen molar-refractivity contribution in [1.29, 1.82) is 0 Å². The number of hydrogen-bond donors (Lipinski definition) is 0. The molecule has 2 aromatic rings. The van der Waals surface area contributed by atoms with Gasteiger partial charge in [-0.3, -0.25) is 4.90 Å². The lowest BCUT2D eigenvalue weighted by atomic mass is 10.0. The zero-order chi connectivity index (χ0) is 19.8.